The number of hydrogen-bond acceptors (Lipinski definition) is 6. The molecule has 4 aromatic heterocycles. The van der Waals surface area contributed by atoms with Crippen LogP contribution in [0.2, 0.25) is 0 Å². The summed E-state index contributed by atoms with van der Waals surface area (Å²) in [5.74, 6) is 1.32. The maximum Gasteiger partial charge on any atom is 0.227 e. The van der Waals surface area contributed by atoms with Gasteiger partial charge in [0.2, 0.25) is 11.8 Å². The van der Waals surface area contributed by atoms with Gasteiger partial charge < -0.3 is 27.8 Å². The molecule has 482 valence electrons. The van der Waals surface area contributed by atoms with Crippen LogP contribution in [-0.2, 0) is 6.42 Å². The predicted octanol–water partition coefficient (Wildman–Crippen LogP) is 22.4. The van der Waals surface area contributed by atoms with Gasteiger partial charge in [-0.1, -0.05) is 218 Å². The Morgan fingerprint density at radius 1 is 0.402 bits per heavy atom. The number of hydrogen-bond donors (Lipinski definition) is 0. The lowest BCUT2D eigenvalue weighted by Gasteiger charge is -2.34. The van der Waals surface area contributed by atoms with E-state index in [2.05, 4.69) is 353 Å². The number of oxazole rings is 2. The Bertz CT molecular complexity index is 6390. The molecule has 0 N–H and O–H groups in total. The molecule has 0 spiro atoms. The van der Waals surface area contributed by atoms with Crippen molar-refractivity contribution in [2.24, 2.45) is 5.92 Å². The topological polar surface area (TPSA) is 68.4 Å². The minimum atomic E-state index is -0.0113. The molecule has 3 aliphatic rings. The van der Waals surface area contributed by atoms with Gasteiger partial charge in [-0.05, 0) is 185 Å². The molecule has 2 atom stereocenters. The molecule has 13 aromatic carbocycles. The van der Waals surface area contributed by atoms with Crippen LogP contribution >= 0.6 is 0 Å². The molecular formula is C94H64N6O2. The Balaban J connectivity index is 0.677. The molecule has 0 saturated carbocycles. The molecular weight excluding hydrogens is 1250 g/mol. The van der Waals surface area contributed by atoms with Crippen molar-refractivity contribution in [3.8, 4) is 67.7 Å². The number of nitrogens with zero attached hydrogens (tertiary/aromatic N) is 6. The number of anilines is 4. The molecule has 4 heterocycles. The smallest absolute Gasteiger partial charge is 0.227 e. The van der Waals surface area contributed by atoms with Gasteiger partial charge in [0.25, 0.3) is 0 Å². The lowest BCUT2D eigenvalue weighted by molar-refractivity contribution is 0.531. The first-order valence-electron chi connectivity index (χ1n) is 35.1. The molecule has 0 saturated heterocycles. The summed E-state index contributed by atoms with van der Waals surface area (Å²) in [7, 11) is 0. The van der Waals surface area contributed by atoms with Crippen LogP contribution in [0, 0.1) is 5.92 Å². The van der Waals surface area contributed by atoms with Crippen LogP contribution in [0.15, 0.2) is 354 Å². The van der Waals surface area contributed by atoms with Crippen molar-refractivity contribution in [1.82, 2.24) is 19.1 Å². The van der Waals surface area contributed by atoms with Crippen LogP contribution in [0.4, 0.5) is 22.7 Å². The maximum absolute atomic E-state index is 6.81. The van der Waals surface area contributed by atoms with E-state index in [-0.39, 0.29) is 12.0 Å². The molecule has 102 heavy (non-hydrogen) atoms. The van der Waals surface area contributed by atoms with E-state index in [1.165, 1.54) is 38.5 Å². The zero-order chi connectivity index (χ0) is 67.2. The maximum atomic E-state index is 6.81. The molecule has 2 unspecified atom stereocenters. The highest BCUT2D eigenvalue weighted by Crippen LogP contribution is 2.47. The van der Waals surface area contributed by atoms with Crippen LogP contribution in [0.25, 0.3) is 140 Å². The highest BCUT2D eigenvalue weighted by atomic mass is 16.4. The predicted molar refractivity (Wildman–Crippen MR) is 419 cm³/mol. The zero-order valence-corrected chi connectivity index (χ0v) is 55.6. The van der Waals surface area contributed by atoms with E-state index in [1.807, 2.05) is 18.2 Å². The van der Waals surface area contributed by atoms with Crippen molar-refractivity contribution in [2.75, 3.05) is 9.80 Å². The molecule has 3 aliphatic carbocycles. The molecule has 8 heteroatoms. The first-order chi connectivity index (χ1) is 50.6. The zero-order valence-electron chi connectivity index (χ0n) is 55.6. The lowest BCUT2D eigenvalue weighted by Crippen LogP contribution is -2.33. The number of para-hydroxylation sites is 5. The van der Waals surface area contributed by atoms with E-state index in [0.29, 0.717) is 11.8 Å². The minimum Gasteiger partial charge on any atom is -0.436 e. The van der Waals surface area contributed by atoms with E-state index in [4.69, 9.17) is 18.8 Å². The van der Waals surface area contributed by atoms with Crippen molar-refractivity contribution >= 4 is 95.1 Å². The summed E-state index contributed by atoms with van der Waals surface area (Å²) in [4.78, 5) is 15.4. The monoisotopic (exact) mass is 1310 g/mol. The van der Waals surface area contributed by atoms with Gasteiger partial charge >= 0.3 is 0 Å². The second-order valence-electron chi connectivity index (χ2n) is 26.7. The van der Waals surface area contributed by atoms with Crippen molar-refractivity contribution in [3.05, 3.63) is 367 Å². The summed E-state index contributed by atoms with van der Waals surface area (Å²) in [5, 5.41) is 6.62. The Hall–Kier alpha value is -13.3. The first kappa shape index (κ1) is 58.8. The van der Waals surface area contributed by atoms with Gasteiger partial charge in [-0.15, -0.1) is 0 Å². The Labute approximate surface area is 589 Å². The van der Waals surface area contributed by atoms with Crippen molar-refractivity contribution in [2.45, 2.75) is 18.9 Å². The molecule has 0 amide bonds. The fourth-order valence-electron chi connectivity index (χ4n) is 16.1. The lowest BCUT2D eigenvalue weighted by atomic mass is 9.87. The quantitative estimate of drug-likeness (QED) is 0.115. The SMILES string of the molecule is C1=CC2CC=c3nc(-c4ccccc4)oc3=C2C=C1N(c1ccc2c(c1)c1ccccc1n2-c1ccccc1)c1ccccc1-c1ccccc1-c1ccc(-c2nc3c(ccc4ccc(N(c5cccc(-c6ccccc6)c5)C5C=Cc6c(c7ccccc7n6-c6ccccc6)C5)cc43)o2)cc1. The summed E-state index contributed by atoms with van der Waals surface area (Å²) in [6.45, 7) is 0. The van der Waals surface area contributed by atoms with Crippen LogP contribution in [0.1, 0.15) is 17.7 Å². The van der Waals surface area contributed by atoms with Crippen LogP contribution < -0.4 is 20.6 Å². The third kappa shape index (κ3) is 9.97. The van der Waals surface area contributed by atoms with Crippen LogP contribution in [-0.4, -0.2) is 25.1 Å². The van der Waals surface area contributed by atoms with Gasteiger partial charge in [-0.3, -0.25) is 0 Å². The summed E-state index contributed by atoms with van der Waals surface area (Å²) < 4.78 is 18.4. The number of rotatable bonds is 13. The molecule has 20 rings (SSSR count). The van der Waals surface area contributed by atoms with E-state index in [9.17, 15) is 0 Å². The molecule has 0 fully saturated rings. The molecule has 0 bridgehead atoms. The van der Waals surface area contributed by atoms with Crippen molar-refractivity contribution < 1.29 is 8.83 Å². The summed E-state index contributed by atoms with van der Waals surface area (Å²) >= 11 is 0. The van der Waals surface area contributed by atoms with Crippen LogP contribution in [0.5, 0.6) is 0 Å². The third-order valence-corrected chi connectivity index (χ3v) is 20.8. The second-order valence-corrected chi connectivity index (χ2v) is 26.7. The van der Waals surface area contributed by atoms with Crippen molar-refractivity contribution in [3.63, 3.8) is 0 Å². The Morgan fingerprint density at radius 3 is 1.79 bits per heavy atom. The second kappa shape index (κ2) is 24.3. The molecule has 8 nitrogen and oxygen atoms in total. The Kier molecular flexibility index (Phi) is 14.0. The summed E-state index contributed by atoms with van der Waals surface area (Å²) in [6, 6.07) is 113. The van der Waals surface area contributed by atoms with Gasteiger partial charge in [0.05, 0.1) is 28.3 Å². The standard InChI is InChI=1S/C94H64N6O2/c1-5-22-61(23-6-1)67-26-21-31-70(56-67)97(72-50-53-88-82(59-72)78-35-16-19-38-86(78)99(88)68-27-9-3-10-28-68)71-48-44-63-47-55-90-91(80(63)57-71)96-94(101-90)66-42-40-62(41-43-66)75-32-13-14-33-76(75)77-34-15-18-37-85(77)98(73-49-45-64-46-52-84-92(81(64)58-73)102-93(95-84)65-24-7-2-8-25-65)74-51-54-89-83(60-74)79-36-17-20-39-87(79)100(89)69-29-11-4-12-30-69/h1-45,47-58,60,64,72H,46,59H2. The highest BCUT2D eigenvalue weighted by molar-refractivity contribution is 6.11. The fraction of sp³-hybridized carbons (Fsp3) is 0.0426. The normalized spacial score (nSPS) is 14.6. The average Bonchev–Trinajstić information content (AvgIpc) is 1.51. The minimum absolute atomic E-state index is 0.0113. The largest absolute Gasteiger partial charge is 0.436 e. The summed E-state index contributed by atoms with van der Waals surface area (Å²) in [5.41, 5.74) is 25.6. The number of aromatic nitrogens is 4. The van der Waals surface area contributed by atoms with Crippen molar-refractivity contribution in [1.29, 1.82) is 0 Å². The average molecular weight is 1310 g/mol. The molecule has 0 aliphatic heterocycles. The van der Waals surface area contributed by atoms with Gasteiger partial charge in [-0.2, -0.15) is 0 Å². The van der Waals surface area contributed by atoms with E-state index >= 15 is 0 Å². The van der Waals surface area contributed by atoms with E-state index in [0.717, 1.165) is 141 Å². The summed E-state index contributed by atoms with van der Waals surface area (Å²) in [6.07, 6.45) is 15.6. The highest BCUT2D eigenvalue weighted by Gasteiger charge is 2.31. The number of fused-ring (bicyclic) bond motifs is 11. The molecule has 17 aromatic rings. The van der Waals surface area contributed by atoms with E-state index in [1.54, 1.807) is 0 Å². The fourth-order valence-corrected chi connectivity index (χ4v) is 16.1. The first-order valence-corrected chi connectivity index (χ1v) is 35.1. The van der Waals surface area contributed by atoms with Gasteiger partial charge in [0, 0.05) is 89.6 Å². The van der Waals surface area contributed by atoms with Crippen LogP contribution in [0.3, 0.4) is 0 Å². The number of benzene rings is 13. The molecule has 0 radical (unpaired) electrons. The van der Waals surface area contributed by atoms with Gasteiger partial charge in [0.15, 0.2) is 11.0 Å². The number of allylic oxidation sites excluding steroid dienone is 3. The van der Waals surface area contributed by atoms with Gasteiger partial charge in [0.1, 0.15) is 10.9 Å². The van der Waals surface area contributed by atoms with E-state index < -0.39 is 0 Å². The van der Waals surface area contributed by atoms with Gasteiger partial charge in [-0.25, -0.2) is 9.97 Å². The third-order valence-electron chi connectivity index (χ3n) is 20.8. The Morgan fingerprint density at radius 2 is 1.00 bits per heavy atom.